The number of amides is 3. The first-order valence-corrected chi connectivity index (χ1v) is 11.1. The molecule has 0 aromatic heterocycles. The fourth-order valence-electron chi connectivity index (χ4n) is 3.80. The number of hydrogen-bond acceptors (Lipinski definition) is 5. The van der Waals surface area contributed by atoms with E-state index in [9.17, 15) is 14.4 Å². The molecule has 6 nitrogen and oxygen atoms in total. The number of nitrogens with zero attached hydrogens (tertiary/aromatic N) is 2. The van der Waals surface area contributed by atoms with Gasteiger partial charge in [-0.3, -0.25) is 19.3 Å². The standard InChI is InChI=1S/C23H24N2O4S/c26-21(24-13-12-19(14-24)25-22(27)16-30-23(25)28)11-8-17-6-9-20(10-7-17)29-15-18-4-2-1-3-5-18/h1-7,9-10,19H,8,11-16H2. The van der Waals surface area contributed by atoms with E-state index in [1.54, 1.807) is 4.90 Å². The molecule has 3 amide bonds. The summed E-state index contributed by atoms with van der Waals surface area (Å²) in [5, 5.41) is -0.186. The predicted molar refractivity (Wildman–Crippen MR) is 115 cm³/mol. The van der Waals surface area contributed by atoms with Crippen LogP contribution in [0.1, 0.15) is 24.0 Å². The molecule has 156 valence electrons. The van der Waals surface area contributed by atoms with E-state index in [1.807, 2.05) is 54.6 Å². The van der Waals surface area contributed by atoms with E-state index in [1.165, 1.54) is 4.90 Å². The van der Waals surface area contributed by atoms with Gasteiger partial charge in [0.05, 0.1) is 11.8 Å². The van der Waals surface area contributed by atoms with Gasteiger partial charge in [-0.15, -0.1) is 0 Å². The van der Waals surface area contributed by atoms with E-state index in [0.29, 0.717) is 39.0 Å². The molecular weight excluding hydrogens is 400 g/mol. The summed E-state index contributed by atoms with van der Waals surface area (Å²) in [6, 6.07) is 17.7. The molecule has 0 radical (unpaired) electrons. The van der Waals surface area contributed by atoms with Gasteiger partial charge in [-0.05, 0) is 36.1 Å². The van der Waals surface area contributed by atoms with Gasteiger partial charge in [-0.2, -0.15) is 0 Å². The van der Waals surface area contributed by atoms with Crippen LogP contribution in [0.3, 0.4) is 0 Å². The third-order valence-electron chi connectivity index (χ3n) is 5.46. The average Bonchev–Trinajstić information content (AvgIpc) is 3.38. The van der Waals surface area contributed by atoms with Crippen molar-refractivity contribution < 1.29 is 19.1 Å². The van der Waals surface area contributed by atoms with Crippen LogP contribution in [0.4, 0.5) is 4.79 Å². The van der Waals surface area contributed by atoms with Crippen LogP contribution in [0.5, 0.6) is 5.75 Å². The second-order valence-corrected chi connectivity index (χ2v) is 8.45. The summed E-state index contributed by atoms with van der Waals surface area (Å²) < 4.78 is 5.80. The molecular formula is C23H24N2O4S. The molecule has 30 heavy (non-hydrogen) atoms. The van der Waals surface area contributed by atoms with Crippen molar-refractivity contribution in [2.24, 2.45) is 0 Å². The van der Waals surface area contributed by atoms with Gasteiger partial charge in [0.2, 0.25) is 11.8 Å². The van der Waals surface area contributed by atoms with Crippen molar-refractivity contribution >= 4 is 28.8 Å². The average molecular weight is 425 g/mol. The summed E-state index contributed by atoms with van der Waals surface area (Å²) in [4.78, 5) is 39.4. The van der Waals surface area contributed by atoms with Crippen molar-refractivity contribution in [1.29, 1.82) is 0 Å². The molecule has 2 aliphatic rings. The molecule has 0 spiro atoms. The van der Waals surface area contributed by atoms with Crippen molar-refractivity contribution in [3.05, 3.63) is 65.7 Å². The largest absolute Gasteiger partial charge is 0.489 e. The Morgan fingerprint density at radius 2 is 1.80 bits per heavy atom. The lowest BCUT2D eigenvalue weighted by Gasteiger charge is -2.22. The Morgan fingerprint density at radius 3 is 2.50 bits per heavy atom. The molecule has 2 aromatic carbocycles. The van der Waals surface area contributed by atoms with E-state index in [-0.39, 0.29) is 28.8 Å². The van der Waals surface area contributed by atoms with E-state index < -0.39 is 0 Å². The van der Waals surface area contributed by atoms with Gasteiger partial charge in [0.15, 0.2) is 0 Å². The van der Waals surface area contributed by atoms with Crippen molar-refractivity contribution in [3.63, 3.8) is 0 Å². The van der Waals surface area contributed by atoms with Crippen molar-refractivity contribution in [3.8, 4) is 5.75 Å². The lowest BCUT2D eigenvalue weighted by molar-refractivity contribution is -0.131. The zero-order valence-electron chi connectivity index (χ0n) is 16.7. The van der Waals surface area contributed by atoms with Crippen LogP contribution in [0.2, 0.25) is 0 Å². The maximum atomic E-state index is 12.6. The van der Waals surface area contributed by atoms with Gasteiger partial charge in [-0.1, -0.05) is 54.2 Å². The number of imide groups is 1. The SMILES string of the molecule is O=C(CCc1ccc(OCc2ccccc2)cc1)N1CCC(N2C(=O)CSC2=O)C1. The topological polar surface area (TPSA) is 66.9 Å². The minimum atomic E-state index is -0.186. The number of hydrogen-bond donors (Lipinski definition) is 0. The normalized spacial score (nSPS) is 18.9. The maximum Gasteiger partial charge on any atom is 0.289 e. The summed E-state index contributed by atoms with van der Waals surface area (Å²) in [6.45, 7) is 1.57. The number of carbonyl (C=O) groups excluding carboxylic acids is 3. The van der Waals surface area contributed by atoms with Crippen molar-refractivity contribution in [1.82, 2.24) is 9.80 Å². The van der Waals surface area contributed by atoms with Crippen molar-refractivity contribution in [2.75, 3.05) is 18.8 Å². The highest BCUT2D eigenvalue weighted by Crippen LogP contribution is 2.26. The van der Waals surface area contributed by atoms with Gasteiger partial charge < -0.3 is 9.64 Å². The minimum Gasteiger partial charge on any atom is -0.489 e. The van der Waals surface area contributed by atoms with E-state index in [0.717, 1.165) is 28.6 Å². The highest BCUT2D eigenvalue weighted by Gasteiger charge is 2.39. The van der Waals surface area contributed by atoms with Gasteiger partial charge in [0, 0.05) is 19.5 Å². The first-order chi connectivity index (χ1) is 14.6. The first-order valence-electron chi connectivity index (χ1n) is 10.1. The van der Waals surface area contributed by atoms with Crippen LogP contribution in [0, 0.1) is 0 Å². The number of aryl methyl sites for hydroxylation is 1. The number of benzene rings is 2. The molecule has 2 fully saturated rings. The molecule has 0 aliphatic carbocycles. The summed E-state index contributed by atoms with van der Waals surface area (Å²) in [5.41, 5.74) is 2.19. The van der Waals surface area contributed by atoms with Gasteiger partial charge in [-0.25, -0.2) is 0 Å². The number of rotatable bonds is 7. The molecule has 2 saturated heterocycles. The summed E-state index contributed by atoms with van der Waals surface area (Å²) >= 11 is 1.04. The zero-order chi connectivity index (χ0) is 20.9. The molecule has 0 N–H and O–H groups in total. The Kier molecular flexibility index (Phi) is 6.38. The molecule has 0 saturated carbocycles. The van der Waals surface area contributed by atoms with E-state index in [4.69, 9.17) is 4.74 Å². The fraction of sp³-hybridized carbons (Fsp3) is 0.348. The van der Waals surface area contributed by atoms with Crippen LogP contribution in [0.25, 0.3) is 0 Å². The first kappa shape index (κ1) is 20.5. The zero-order valence-corrected chi connectivity index (χ0v) is 17.5. The van der Waals surface area contributed by atoms with Crippen LogP contribution in [-0.2, 0) is 22.6 Å². The summed E-state index contributed by atoms with van der Waals surface area (Å²) in [7, 11) is 0. The molecule has 2 aromatic rings. The second-order valence-electron chi connectivity index (χ2n) is 7.52. The molecule has 1 atom stereocenters. The Hall–Kier alpha value is -2.80. The third kappa shape index (κ3) is 4.84. The van der Waals surface area contributed by atoms with Gasteiger partial charge in [0.25, 0.3) is 5.24 Å². The summed E-state index contributed by atoms with van der Waals surface area (Å²) in [6.07, 6.45) is 1.72. The number of likely N-dealkylation sites (tertiary alicyclic amines) is 1. The van der Waals surface area contributed by atoms with Crippen molar-refractivity contribution in [2.45, 2.75) is 31.9 Å². The number of thioether (sulfide) groups is 1. The Morgan fingerprint density at radius 1 is 1.03 bits per heavy atom. The predicted octanol–water partition coefficient (Wildman–Crippen LogP) is 3.49. The third-order valence-corrected chi connectivity index (χ3v) is 6.30. The van der Waals surface area contributed by atoms with Crippen LogP contribution < -0.4 is 4.74 Å². The molecule has 7 heteroatoms. The minimum absolute atomic E-state index is 0.0636. The molecule has 4 rings (SSSR count). The molecule has 0 bridgehead atoms. The molecule has 2 aliphatic heterocycles. The molecule has 1 unspecified atom stereocenters. The lowest BCUT2D eigenvalue weighted by atomic mass is 10.1. The Bertz CT molecular complexity index is 901. The van der Waals surface area contributed by atoms with Gasteiger partial charge >= 0.3 is 0 Å². The smallest absolute Gasteiger partial charge is 0.289 e. The van der Waals surface area contributed by atoms with Gasteiger partial charge in [0.1, 0.15) is 12.4 Å². The van der Waals surface area contributed by atoms with E-state index >= 15 is 0 Å². The quantitative estimate of drug-likeness (QED) is 0.681. The highest BCUT2D eigenvalue weighted by atomic mass is 32.2. The van der Waals surface area contributed by atoms with Crippen LogP contribution >= 0.6 is 11.8 Å². The number of carbonyl (C=O) groups is 3. The lowest BCUT2D eigenvalue weighted by Crippen LogP contribution is -2.41. The summed E-state index contributed by atoms with van der Waals surface area (Å²) in [5.74, 6) is 0.940. The second kappa shape index (κ2) is 9.34. The Labute approximate surface area is 180 Å². The number of ether oxygens (including phenoxy) is 1. The van der Waals surface area contributed by atoms with Crippen LogP contribution in [-0.4, -0.2) is 51.7 Å². The molecule has 2 heterocycles. The van der Waals surface area contributed by atoms with E-state index in [2.05, 4.69) is 0 Å². The van der Waals surface area contributed by atoms with Crippen LogP contribution in [0.15, 0.2) is 54.6 Å². The Balaban J connectivity index is 1.23. The highest BCUT2D eigenvalue weighted by molar-refractivity contribution is 8.14. The fourth-order valence-corrected chi connectivity index (χ4v) is 4.57. The monoisotopic (exact) mass is 424 g/mol. The maximum absolute atomic E-state index is 12.6.